The van der Waals surface area contributed by atoms with E-state index in [1.54, 1.807) is 16.0 Å². The van der Waals surface area contributed by atoms with Crippen LogP contribution in [0.2, 0.25) is 0 Å². The van der Waals surface area contributed by atoms with Crippen LogP contribution in [0.5, 0.6) is 0 Å². The number of nitrogens with one attached hydrogen (secondary N) is 1. The van der Waals surface area contributed by atoms with Gasteiger partial charge in [0.05, 0.1) is 23.3 Å². The largest absolute Gasteiger partial charge is 0.360 e. The van der Waals surface area contributed by atoms with Crippen molar-refractivity contribution in [3.63, 3.8) is 0 Å². The van der Waals surface area contributed by atoms with Crippen LogP contribution in [0, 0.1) is 13.8 Å². The minimum atomic E-state index is 0.148. The van der Waals surface area contributed by atoms with Crippen LogP contribution in [0.3, 0.4) is 0 Å². The number of hydrogen-bond donors (Lipinski definition) is 1. The third kappa shape index (κ3) is 3.13. The Morgan fingerprint density at radius 2 is 2.00 bits per heavy atom. The molecule has 3 aromatic rings. The molecule has 0 aromatic carbocycles. The summed E-state index contributed by atoms with van der Waals surface area (Å²) < 4.78 is 1.81. The monoisotopic (exact) mass is 344 g/mol. The van der Waals surface area contributed by atoms with Crippen LogP contribution in [-0.4, -0.2) is 24.7 Å². The van der Waals surface area contributed by atoms with Crippen molar-refractivity contribution in [2.24, 2.45) is 7.05 Å². The molecule has 7 heteroatoms. The number of hydrogen-bond acceptors (Lipinski definition) is 6. The summed E-state index contributed by atoms with van der Waals surface area (Å²) in [5.74, 6) is 1.71. The number of aryl methyl sites for hydroxylation is 4. The molecule has 0 amide bonds. The Bertz CT molecular complexity index is 831. The lowest BCUT2D eigenvalue weighted by Gasteiger charge is -2.16. The molecule has 1 atom stereocenters. The topological polar surface area (TPSA) is 68.5 Å². The molecule has 0 aliphatic heterocycles. The molecule has 0 fully saturated rings. The van der Waals surface area contributed by atoms with Gasteiger partial charge in [-0.1, -0.05) is 13.8 Å². The summed E-state index contributed by atoms with van der Waals surface area (Å²) in [6.07, 6.45) is 4.66. The molecule has 0 saturated heterocycles. The van der Waals surface area contributed by atoms with Crippen molar-refractivity contribution in [3.8, 4) is 0 Å². The van der Waals surface area contributed by atoms with Gasteiger partial charge in [0.2, 0.25) is 0 Å². The molecule has 3 heterocycles. The average Bonchev–Trinajstić information content (AvgIpc) is 3.09. The lowest BCUT2D eigenvalue weighted by Crippen LogP contribution is -2.12. The normalized spacial score (nSPS) is 12.7. The van der Waals surface area contributed by atoms with Crippen LogP contribution in [0.1, 0.15) is 54.1 Å². The van der Waals surface area contributed by atoms with E-state index in [1.165, 1.54) is 4.88 Å². The lowest BCUT2D eigenvalue weighted by atomic mass is 10.2. The standard InChI is InChI=1S/C17H24N6S/c1-6-8-14-21-15(12-9-18-23(5)16(12)22-14)20-13(7-2)17-19-10(3)11(4)24-17/h9,13H,6-8H2,1-5H3,(H,20,21,22)/t13-/m0/s1. The van der Waals surface area contributed by atoms with E-state index in [0.29, 0.717) is 0 Å². The molecule has 0 bridgehead atoms. The summed E-state index contributed by atoms with van der Waals surface area (Å²) in [4.78, 5) is 15.4. The molecule has 3 rings (SSSR count). The second-order valence-corrected chi connectivity index (χ2v) is 7.28. The second kappa shape index (κ2) is 6.84. The highest BCUT2D eigenvalue weighted by Gasteiger charge is 2.18. The van der Waals surface area contributed by atoms with Gasteiger partial charge in [-0.15, -0.1) is 11.3 Å². The highest BCUT2D eigenvalue weighted by molar-refractivity contribution is 7.11. The fourth-order valence-corrected chi connectivity index (χ4v) is 3.72. The summed E-state index contributed by atoms with van der Waals surface area (Å²) in [6, 6.07) is 0.148. The molecular formula is C17H24N6S. The van der Waals surface area contributed by atoms with Crippen LogP contribution in [0.4, 0.5) is 5.82 Å². The number of nitrogens with zero attached hydrogens (tertiary/aromatic N) is 5. The fraction of sp³-hybridized carbons (Fsp3) is 0.529. The average molecular weight is 344 g/mol. The molecule has 0 radical (unpaired) electrons. The zero-order valence-corrected chi connectivity index (χ0v) is 15.7. The first-order chi connectivity index (χ1) is 11.5. The molecule has 0 saturated carbocycles. The maximum atomic E-state index is 4.75. The Hall–Kier alpha value is -2.02. The van der Waals surface area contributed by atoms with Crippen molar-refractivity contribution in [1.82, 2.24) is 24.7 Å². The highest BCUT2D eigenvalue weighted by Crippen LogP contribution is 2.30. The zero-order chi connectivity index (χ0) is 17.3. The Morgan fingerprint density at radius 3 is 2.62 bits per heavy atom. The lowest BCUT2D eigenvalue weighted by molar-refractivity contribution is 0.731. The Labute approximate surface area is 146 Å². The Kier molecular flexibility index (Phi) is 4.80. The van der Waals surface area contributed by atoms with Crippen LogP contribution >= 0.6 is 11.3 Å². The van der Waals surface area contributed by atoms with E-state index in [2.05, 4.69) is 43.1 Å². The quantitative estimate of drug-likeness (QED) is 0.733. The van der Waals surface area contributed by atoms with Crippen molar-refractivity contribution in [3.05, 3.63) is 27.6 Å². The number of fused-ring (bicyclic) bond motifs is 1. The summed E-state index contributed by atoms with van der Waals surface area (Å²) in [5.41, 5.74) is 1.98. The molecule has 6 nitrogen and oxygen atoms in total. The number of rotatable bonds is 6. The van der Waals surface area contributed by atoms with Gasteiger partial charge in [0.25, 0.3) is 0 Å². The third-order valence-corrected chi connectivity index (χ3v) is 5.36. The maximum absolute atomic E-state index is 4.75. The van der Waals surface area contributed by atoms with Gasteiger partial charge in [-0.05, 0) is 26.7 Å². The van der Waals surface area contributed by atoms with Crippen molar-refractivity contribution >= 4 is 28.2 Å². The van der Waals surface area contributed by atoms with Crippen molar-refractivity contribution in [2.75, 3.05) is 5.32 Å². The first-order valence-electron chi connectivity index (χ1n) is 8.42. The van der Waals surface area contributed by atoms with Crippen LogP contribution in [0.15, 0.2) is 6.20 Å². The van der Waals surface area contributed by atoms with E-state index in [4.69, 9.17) is 9.97 Å². The Morgan fingerprint density at radius 1 is 1.21 bits per heavy atom. The van der Waals surface area contributed by atoms with Gasteiger partial charge in [0.1, 0.15) is 16.6 Å². The van der Waals surface area contributed by atoms with Crippen LogP contribution < -0.4 is 5.32 Å². The molecule has 128 valence electrons. The van der Waals surface area contributed by atoms with Gasteiger partial charge in [0, 0.05) is 18.3 Å². The van der Waals surface area contributed by atoms with E-state index in [9.17, 15) is 0 Å². The van der Waals surface area contributed by atoms with Gasteiger partial charge >= 0.3 is 0 Å². The highest BCUT2D eigenvalue weighted by atomic mass is 32.1. The molecule has 0 aliphatic rings. The summed E-state index contributed by atoms with van der Waals surface area (Å²) in [7, 11) is 1.92. The molecule has 1 N–H and O–H groups in total. The molecule has 3 aromatic heterocycles. The van der Waals surface area contributed by atoms with Gasteiger partial charge < -0.3 is 5.32 Å². The van der Waals surface area contributed by atoms with Crippen molar-refractivity contribution in [1.29, 1.82) is 0 Å². The van der Waals surface area contributed by atoms with E-state index in [-0.39, 0.29) is 6.04 Å². The van der Waals surface area contributed by atoms with Gasteiger partial charge in [0.15, 0.2) is 5.65 Å². The van der Waals surface area contributed by atoms with Crippen molar-refractivity contribution in [2.45, 2.75) is 53.0 Å². The van der Waals surface area contributed by atoms with Gasteiger partial charge in [-0.25, -0.2) is 15.0 Å². The summed E-state index contributed by atoms with van der Waals surface area (Å²) in [5, 5.41) is 10.00. The fourth-order valence-electron chi connectivity index (χ4n) is 2.66. The summed E-state index contributed by atoms with van der Waals surface area (Å²) in [6.45, 7) is 8.48. The first-order valence-corrected chi connectivity index (χ1v) is 9.24. The maximum Gasteiger partial charge on any atom is 0.163 e. The third-order valence-electron chi connectivity index (χ3n) is 4.17. The number of thiazole rings is 1. The molecule has 24 heavy (non-hydrogen) atoms. The second-order valence-electron chi connectivity index (χ2n) is 6.04. The van der Waals surface area contributed by atoms with Crippen molar-refractivity contribution < 1.29 is 0 Å². The predicted octanol–water partition coefficient (Wildman–Crippen LogP) is 3.95. The van der Waals surface area contributed by atoms with E-state index >= 15 is 0 Å². The van der Waals surface area contributed by atoms with E-state index in [1.807, 2.05) is 13.2 Å². The summed E-state index contributed by atoms with van der Waals surface area (Å²) >= 11 is 1.75. The minimum Gasteiger partial charge on any atom is -0.360 e. The number of aromatic nitrogens is 5. The zero-order valence-electron chi connectivity index (χ0n) is 14.9. The van der Waals surface area contributed by atoms with Crippen LogP contribution in [0.25, 0.3) is 11.0 Å². The minimum absolute atomic E-state index is 0.148. The molecule has 0 spiro atoms. The SMILES string of the molecule is CCCc1nc(N[C@@H](CC)c2nc(C)c(C)s2)c2cnn(C)c2n1. The number of anilines is 1. The molecular weight excluding hydrogens is 320 g/mol. The van der Waals surface area contributed by atoms with E-state index in [0.717, 1.165) is 52.6 Å². The molecule has 0 aliphatic carbocycles. The Balaban J connectivity index is 2.00. The molecule has 0 unspecified atom stereocenters. The first kappa shape index (κ1) is 16.8. The van der Waals surface area contributed by atoms with E-state index < -0.39 is 0 Å². The van der Waals surface area contributed by atoms with Gasteiger partial charge in [-0.2, -0.15) is 5.10 Å². The smallest absolute Gasteiger partial charge is 0.163 e. The van der Waals surface area contributed by atoms with Crippen LogP contribution in [-0.2, 0) is 13.5 Å². The van der Waals surface area contributed by atoms with Gasteiger partial charge in [-0.3, -0.25) is 4.68 Å². The predicted molar refractivity (Wildman–Crippen MR) is 98.5 cm³/mol.